The molecule has 0 amide bonds. The van der Waals surface area contributed by atoms with E-state index in [1.54, 1.807) is 49.0 Å². The molecule has 348 valence electrons. The topological polar surface area (TPSA) is 220 Å². The Bertz CT molecular complexity index is 3020. The third-order valence-electron chi connectivity index (χ3n) is 13.1. The van der Waals surface area contributed by atoms with Gasteiger partial charge in [0.25, 0.3) is 11.1 Å². The van der Waals surface area contributed by atoms with Crippen LogP contribution in [0.15, 0.2) is 71.0 Å². The highest BCUT2D eigenvalue weighted by molar-refractivity contribution is 6.16. The first-order valence-electron chi connectivity index (χ1n) is 22.5. The summed E-state index contributed by atoms with van der Waals surface area (Å²) in [6.45, 7) is 11.7. The van der Waals surface area contributed by atoms with Crippen molar-refractivity contribution in [2.45, 2.75) is 83.1 Å². The van der Waals surface area contributed by atoms with Crippen molar-refractivity contribution in [1.82, 2.24) is 78.6 Å². The van der Waals surface area contributed by atoms with Crippen LogP contribution in [-0.4, -0.2) is 126 Å². The zero-order valence-electron chi connectivity index (χ0n) is 36.5. The maximum absolute atomic E-state index is 12.8. The van der Waals surface area contributed by atoms with E-state index in [2.05, 4.69) is 64.2 Å². The molecule has 21 heteroatoms. The molecule has 8 aromatic heterocycles. The van der Waals surface area contributed by atoms with Crippen molar-refractivity contribution in [3.05, 3.63) is 117 Å². The summed E-state index contributed by atoms with van der Waals surface area (Å²) in [5.41, 5.74) is 4.36. The number of rotatable bonds is 7. The van der Waals surface area contributed by atoms with Gasteiger partial charge in [-0.15, -0.1) is 11.6 Å². The Labute approximate surface area is 385 Å². The number of likely N-dealkylation sites (tertiary alicyclic amines) is 1. The average molecular weight is 922 g/mol. The Kier molecular flexibility index (Phi) is 13.6. The maximum Gasteiger partial charge on any atom is 0.276 e. The Morgan fingerprint density at radius 3 is 1.71 bits per heavy atom. The zero-order valence-corrected chi connectivity index (χ0v) is 37.2. The largest absolute Gasteiger partial charge is 0.381 e. The van der Waals surface area contributed by atoms with Crippen LogP contribution in [0.3, 0.4) is 0 Å². The third-order valence-corrected chi connectivity index (χ3v) is 13.4. The van der Waals surface area contributed by atoms with Crippen molar-refractivity contribution in [2.75, 3.05) is 52.6 Å². The summed E-state index contributed by atoms with van der Waals surface area (Å²) in [6.07, 6.45) is 14.1. The second-order valence-electron chi connectivity index (χ2n) is 17.5. The van der Waals surface area contributed by atoms with E-state index >= 15 is 0 Å². The summed E-state index contributed by atoms with van der Waals surface area (Å²) in [7, 11) is 0. The van der Waals surface area contributed by atoms with Gasteiger partial charge in [0.15, 0.2) is 22.3 Å². The van der Waals surface area contributed by atoms with Crippen molar-refractivity contribution in [3.8, 4) is 0 Å². The van der Waals surface area contributed by atoms with Crippen LogP contribution in [0, 0.1) is 11.8 Å². The normalized spacial score (nSPS) is 21.8. The maximum atomic E-state index is 12.8. The van der Waals surface area contributed by atoms with Crippen LogP contribution in [0.5, 0.6) is 0 Å². The quantitative estimate of drug-likeness (QED) is 0.190. The van der Waals surface area contributed by atoms with Gasteiger partial charge in [-0.05, 0) is 68.3 Å². The standard InChI is InChI=1S/C22H26N8O2.C15H21N5O2.C7H6ClN3.CH4/c1-14-11-28(12-16-2-3-19-23-6-7-29(19)26-16)13-17(14)20-25-22(31)18-10-24-21(30(18)27-20)15-4-8-32-9-5-15;1-9-6-16-7-11(9)13-18-15(21)12-8-17-14(20(12)19-13)10-2-4-22-5-3-10;8-5-6-1-2-7-9-3-4-11(7)10-6;/h2-3,6-7,10,14-15,17H,4-5,8-9,11-13H2,1H3,(H,25,27,31);8-11,16H,2-7H2,1H3,(H,18,19,21);1-4H,5H2;1H4. The van der Waals surface area contributed by atoms with E-state index in [0.29, 0.717) is 34.7 Å². The highest BCUT2D eigenvalue weighted by atomic mass is 35.5. The van der Waals surface area contributed by atoms with E-state index < -0.39 is 0 Å². The van der Waals surface area contributed by atoms with E-state index in [1.165, 1.54) is 0 Å². The number of aromatic amines is 2. The fourth-order valence-corrected chi connectivity index (χ4v) is 9.63. The Hall–Kier alpha value is -5.93. The van der Waals surface area contributed by atoms with Gasteiger partial charge in [-0.3, -0.25) is 14.5 Å². The molecule has 4 fully saturated rings. The molecule has 0 bridgehead atoms. The Balaban J connectivity index is 0.000000139. The van der Waals surface area contributed by atoms with Gasteiger partial charge in [0.05, 0.1) is 29.7 Å². The second-order valence-corrected chi connectivity index (χ2v) is 17.8. The van der Waals surface area contributed by atoms with Gasteiger partial charge in [0.2, 0.25) is 0 Å². The smallest absolute Gasteiger partial charge is 0.276 e. The number of H-pyrrole nitrogens is 2. The van der Waals surface area contributed by atoms with E-state index in [9.17, 15) is 9.59 Å². The average Bonchev–Trinajstić information content (AvgIpc) is 4.20. The molecule has 4 aliphatic rings. The lowest BCUT2D eigenvalue weighted by atomic mass is 9.97. The summed E-state index contributed by atoms with van der Waals surface area (Å²) >= 11 is 5.60. The molecule has 3 N–H and O–H groups in total. The highest BCUT2D eigenvalue weighted by Gasteiger charge is 2.34. The first-order valence-corrected chi connectivity index (χ1v) is 23.0. The Morgan fingerprint density at radius 1 is 0.652 bits per heavy atom. The molecule has 66 heavy (non-hydrogen) atoms. The molecule has 0 radical (unpaired) electrons. The molecule has 0 spiro atoms. The predicted molar refractivity (Wildman–Crippen MR) is 247 cm³/mol. The molecule has 4 aliphatic heterocycles. The van der Waals surface area contributed by atoms with E-state index in [0.717, 1.165) is 131 Å². The van der Waals surface area contributed by atoms with E-state index in [-0.39, 0.29) is 36.3 Å². The SMILES string of the molecule is C.CC1CN(Cc2ccc3nccn3n2)CC1c1nn2c(C3CCOCC3)ncc2c(=O)[nH]1.CC1CNCC1c1nn2c(C3CCOCC3)ncc2c(=O)[nH]1.ClCc1ccc2nccn2n1. The fourth-order valence-electron chi connectivity index (χ4n) is 9.49. The summed E-state index contributed by atoms with van der Waals surface area (Å²) in [5.74, 6) is 5.53. The number of nitrogens with one attached hydrogen (secondary N) is 3. The lowest BCUT2D eigenvalue weighted by Gasteiger charge is -2.21. The molecule has 0 aliphatic carbocycles. The number of hydrogen-bond donors (Lipinski definition) is 3. The first kappa shape index (κ1) is 45.2. The molecule has 0 aromatic carbocycles. The molecule has 0 saturated carbocycles. The molecular weight excluding hydrogens is 864 g/mol. The summed E-state index contributed by atoms with van der Waals surface area (Å²) < 4.78 is 17.9. The van der Waals surface area contributed by atoms with Gasteiger partial charge in [-0.25, -0.2) is 38.0 Å². The summed E-state index contributed by atoms with van der Waals surface area (Å²) in [5, 5.41) is 21.8. The van der Waals surface area contributed by atoms with E-state index in [4.69, 9.17) is 31.3 Å². The Morgan fingerprint density at radius 2 is 1.18 bits per heavy atom. The number of halogens is 1. The first-order chi connectivity index (χ1) is 31.8. The van der Waals surface area contributed by atoms with Crippen LogP contribution in [0.2, 0.25) is 0 Å². The number of alkyl halides is 1. The van der Waals surface area contributed by atoms with Gasteiger partial charge in [-0.2, -0.15) is 20.4 Å². The van der Waals surface area contributed by atoms with Gasteiger partial charge < -0.3 is 24.8 Å². The highest BCUT2D eigenvalue weighted by Crippen LogP contribution is 2.32. The lowest BCUT2D eigenvalue weighted by molar-refractivity contribution is 0.0831. The molecule has 8 aromatic rings. The second kappa shape index (κ2) is 19.9. The van der Waals surface area contributed by atoms with Crippen molar-refractivity contribution < 1.29 is 9.47 Å². The summed E-state index contributed by atoms with van der Waals surface area (Å²) in [6, 6.07) is 7.78. The van der Waals surface area contributed by atoms with Crippen molar-refractivity contribution in [3.63, 3.8) is 0 Å². The summed E-state index contributed by atoms with van der Waals surface area (Å²) in [4.78, 5) is 50.9. The molecule has 4 unspecified atom stereocenters. The van der Waals surface area contributed by atoms with Crippen molar-refractivity contribution >= 4 is 33.9 Å². The van der Waals surface area contributed by atoms with Crippen LogP contribution in [-0.2, 0) is 21.9 Å². The minimum absolute atomic E-state index is 0. The molecule has 4 atom stereocenters. The number of nitrogens with zero attached hydrogens (tertiary/aromatic N) is 13. The van der Waals surface area contributed by atoms with Crippen LogP contribution < -0.4 is 16.4 Å². The monoisotopic (exact) mass is 920 g/mol. The molecule has 4 saturated heterocycles. The van der Waals surface area contributed by atoms with Gasteiger partial charge in [-0.1, -0.05) is 21.3 Å². The lowest BCUT2D eigenvalue weighted by Crippen LogP contribution is -2.24. The fraction of sp³-hybridized carbons (Fsp3) is 0.511. The van der Waals surface area contributed by atoms with Crippen LogP contribution in [0.25, 0.3) is 22.3 Å². The third kappa shape index (κ3) is 9.37. The number of imidazole rings is 4. The molecule has 12 heterocycles. The number of aromatic nitrogens is 14. The molecule has 20 nitrogen and oxygen atoms in total. The van der Waals surface area contributed by atoms with Gasteiger partial charge in [0, 0.05) is 101 Å². The minimum atomic E-state index is -0.126. The van der Waals surface area contributed by atoms with Gasteiger partial charge in [0.1, 0.15) is 23.3 Å². The predicted octanol–water partition coefficient (Wildman–Crippen LogP) is 4.33. The van der Waals surface area contributed by atoms with E-state index in [1.807, 2.05) is 30.5 Å². The zero-order chi connectivity index (χ0) is 44.4. The number of fused-ring (bicyclic) bond motifs is 4. The molecular formula is C45H57ClN16O4. The van der Waals surface area contributed by atoms with Crippen LogP contribution in [0.1, 0.15) is 105 Å². The van der Waals surface area contributed by atoms with Crippen LogP contribution in [0.4, 0.5) is 0 Å². The van der Waals surface area contributed by atoms with Crippen LogP contribution >= 0.6 is 11.6 Å². The van der Waals surface area contributed by atoms with Crippen molar-refractivity contribution in [1.29, 1.82) is 0 Å². The number of hydrogen-bond acceptors (Lipinski definition) is 14. The minimum Gasteiger partial charge on any atom is -0.381 e. The van der Waals surface area contributed by atoms with Crippen molar-refractivity contribution in [2.24, 2.45) is 11.8 Å². The number of ether oxygens (including phenoxy) is 2. The molecule has 12 rings (SSSR count). The van der Waals surface area contributed by atoms with Gasteiger partial charge >= 0.3 is 0 Å².